The molecule has 0 saturated carbocycles. The molecule has 0 radical (unpaired) electrons. The normalized spacial score (nSPS) is 21.2. The highest BCUT2D eigenvalue weighted by atomic mass is 16.1. The highest BCUT2D eigenvalue weighted by Gasteiger charge is 2.22. The maximum absolute atomic E-state index is 11.9. The van der Waals surface area contributed by atoms with Gasteiger partial charge in [-0.3, -0.25) is 4.79 Å². The van der Waals surface area contributed by atoms with Gasteiger partial charge in [0.1, 0.15) is 0 Å². The zero-order valence-electron chi connectivity index (χ0n) is 11.6. The van der Waals surface area contributed by atoms with E-state index in [-0.39, 0.29) is 11.4 Å². The topological polar surface area (TPSA) is 41.1 Å². The maximum Gasteiger partial charge on any atom is 0.220 e. The second-order valence-electron chi connectivity index (χ2n) is 5.57. The molecule has 0 bridgehead atoms. The van der Waals surface area contributed by atoms with Crippen molar-refractivity contribution in [2.24, 2.45) is 5.92 Å². The number of carbonyl (C=O) groups is 1. The van der Waals surface area contributed by atoms with Gasteiger partial charge in [-0.1, -0.05) is 13.8 Å². The summed E-state index contributed by atoms with van der Waals surface area (Å²) in [5.41, 5.74) is -0.0120. The molecular formula is C14H28N2O. The van der Waals surface area contributed by atoms with E-state index >= 15 is 0 Å². The third-order valence-corrected chi connectivity index (χ3v) is 4.18. The molecule has 0 aromatic rings. The zero-order chi connectivity index (χ0) is 12.7. The first-order chi connectivity index (χ1) is 8.09. The molecule has 1 aliphatic heterocycles. The van der Waals surface area contributed by atoms with Crippen molar-refractivity contribution < 1.29 is 4.79 Å². The van der Waals surface area contributed by atoms with E-state index in [4.69, 9.17) is 0 Å². The highest BCUT2D eigenvalue weighted by Crippen LogP contribution is 2.17. The molecule has 2 N–H and O–H groups in total. The van der Waals surface area contributed by atoms with Crippen LogP contribution in [-0.2, 0) is 4.79 Å². The summed E-state index contributed by atoms with van der Waals surface area (Å²) in [6.45, 7) is 8.63. The summed E-state index contributed by atoms with van der Waals surface area (Å²) in [5.74, 6) is 0.922. The van der Waals surface area contributed by atoms with Crippen LogP contribution in [0.15, 0.2) is 0 Å². The monoisotopic (exact) mass is 240 g/mol. The molecule has 0 spiro atoms. The van der Waals surface area contributed by atoms with E-state index in [0.717, 1.165) is 32.4 Å². The number of nitrogens with one attached hydrogen (secondary N) is 2. The quantitative estimate of drug-likeness (QED) is 0.749. The number of amides is 1. The summed E-state index contributed by atoms with van der Waals surface area (Å²) < 4.78 is 0. The van der Waals surface area contributed by atoms with E-state index in [1.165, 1.54) is 12.8 Å². The van der Waals surface area contributed by atoms with Crippen LogP contribution in [0.5, 0.6) is 0 Å². The Labute approximate surface area is 106 Å². The number of piperidine rings is 1. The van der Waals surface area contributed by atoms with E-state index < -0.39 is 0 Å². The first-order valence-corrected chi connectivity index (χ1v) is 7.11. The van der Waals surface area contributed by atoms with Gasteiger partial charge in [0.15, 0.2) is 0 Å². The summed E-state index contributed by atoms with van der Waals surface area (Å²) in [7, 11) is 0. The summed E-state index contributed by atoms with van der Waals surface area (Å²) >= 11 is 0. The third-order valence-electron chi connectivity index (χ3n) is 4.18. The Hall–Kier alpha value is -0.570. The fourth-order valence-corrected chi connectivity index (χ4v) is 2.33. The largest absolute Gasteiger partial charge is 0.351 e. The molecule has 0 aromatic heterocycles. The Morgan fingerprint density at radius 1 is 1.41 bits per heavy atom. The molecule has 1 fully saturated rings. The molecule has 1 saturated heterocycles. The third kappa shape index (κ3) is 5.07. The molecule has 1 amide bonds. The Bertz CT molecular complexity index is 230. The number of carbonyl (C=O) groups excluding carboxylic acids is 1. The van der Waals surface area contributed by atoms with Gasteiger partial charge < -0.3 is 10.6 Å². The van der Waals surface area contributed by atoms with E-state index in [2.05, 4.69) is 31.4 Å². The molecule has 1 heterocycles. The summed E-state index contributed by atoms with van der Waals surface area (Å²) in [4.78, 5) is 11.9. The van der Waals surface area contributed by atoms with E-state index in [1.807, 2.05) is 0 Å². The van der Waals surface area contributed by atoms with Gasteiger partial charge in [0, 0.05) is 12.0 Å². The number of hydrogen-bond acceptors (Lipinski definition) is 2. The molecule has 17 heavy (non-hydrogen) atoms. The van der Waals surface area contributed by atoms with Crippen LogP contribution in [0, 0.1) is 5.92 Å². The van der Waals surface area contributed by atoms with Crippen molar-refractivity contribution in [2.75, 3.05) is 13.1 Å². The number of rotatable bonds is 6. The van der Waals surface area contributed by atoms with Gasteiger partial charge in [-0.05, 0) is 58.0 Å². The lowest BCUT2D eigenvalue weighted by Crippen LogP contribution is -2.45. The first-order valence-electron chi connectivity index (χ1n) is 7.11. The van der Waals surface area contributed by atoms with Crippen LogP contribution in [0.1, 0.15) is 59.3 Å². The minimum Gasteiger partial charge on any atom is -0.351 e. The van der Waals surface area contributed by atoms with Crippen molar-refractivity contribution in [3.63, 3.8) is 0 Å². The lowest BCUT2D eigenvalue weighted by atomic mass is 9.93. The average Bonchev–Trinajstić information content (AvgIpc) is 2.37. The summed E-state index contributed by atoms with van der Waals surface area (Å²) in [6.07, 6.45) is 6.25. The van der Waals surface area contributed by atoms with Crippen molar-refractivity contribution in [3.8, 4) is 0 Å². The van der Waals surface area contributed by atoms with Gasteiger partial charge in [0.05, 0.1) is 0 Å². The van der Waals surface area contributed by atoms with Crippen LogP contribution in [-0.4, -0.2) is 24.5 Å². The fraction of sp³-hybridized carbons (Fsp3) is 0.929. The van der Waals surface area contributed by atoms with E-state index in [0.29, 0.717) is 12.3 Å². The number of hydrogen-bond donors (Lipinski definition) is 2. The molecule has 3 nitrogen and oxygen atoms in total. The Morgan fingerprint density at radius 2 is 2.12 bits per heavy atom. The second kappa shape index (κ2) is 7.00. The van der Waals surface area contributed by atoms with E-state index in [9.17, 15) is 4.79 Å². The second-order valence-corrected chi connectivity index (χ2v) is 5.57. The fourth-order valence-electron chi connectivity index (χ4n) is 2.33. The first kappa shape index (κ1) is 14.5. The van der Waals surface area contributed by atoms with Crippen LogP contribution in [0.3, 0.4) is 0 Å². The molecule has 0 aromatic carbocycles. The minimum atomic E-state index is -0.0120. The molecule has 1 atom stereocenters. The van der Waals surface area contributed by atoms with Crippen LogP contribution >= 0.6 is 0 Å². The van der Waals surface area contributed by atoms with Gasteiger partial charge in [0.25, 0.3) is 0 Å². The molecule has 3 heteroatoms. The average molecular weight is 240 g/mol. The van der Waals surface area contributed by atoms with Crippen LogP contribution in [0.2, 0.25) is 0 Å². The molecule has 1 unspecified atom stereocenters. The Balaban J connectivity index is 2.24. The summed E-state index contributed by atoms with van der Waals surface area (Å²) in [6, 6.07) is 0. The van der Waals surface area contributed by atoms with Gasteiger partial charge in [0.2, 0.25) is 5.91 Å². The summed E-state index contributed by atoms with van der Waals surface area (Å²) in [5, 5.41) is 6.57. The van der Waals surface area contributed by atoms with Crippen molar-refractivity contribution in [2.45, 2.75) is 64.8 Å². The minimum absolute atomic E-state index is 0.0120. The Morgan fingerprint density at radius 3 is 2.65 bits per heavy atom. The Kier molecular flexibility index (Phi) is 5.96. The van der Waals surface area contributed by atoms with Crippen LogP contribution in [0.4, 0.5) is 0 Å². The van der Waals surface area contributed by atoms with Crippen LogP contribution in [0.25, 0.3) is 0 Å². The van der Waals surface area contributed by atoms with Crippen LogP contribution < -0.4 is 10.6 Å². The predicted molar refractivity (Wildman–Crippen MR) is 72.0 cm³/mol. The molecule has 0 aliphatic carbocycles. The van der Waals surface area contributed by atoms with Crippen molar-refractivity contribution in [1.82, 2.24) is 10.6 Å². The van der Waals surface area contributed by atoms with Gasteiger partial charge in [-0.25, -0.2) is 0 Å². The standard InChI is InChI=1S/C14H28N2O/c1-4-14(3,5-2)16-13(17)9-8-12-7-6-10-15-11-12/h12,15H,4-11H2,1-3H3,(H,16,17). The lowest BCUT2D eigenvalue weighted by molar-refractivity contribution is -0.123. The highest BCUT2D eigenvalue weighted by molar-refractivity contribution is 5.76. The van der Waals surface area contributed by atoms with Crippen molar-refractivity contribution in [3.05, 3.63) is 0 Å². The smallest absolute Gasteiger partial charge is 0.220 e. The zero-order valence-corrected chi connectivity index (χ0v) is 11.6. The van der Waals surface area contributed by atoms with E-state index in [1.54, 1.807) is 0 Å². The molecule has 1 rings (SSSR count). The lowest BCUT2D eigenvalue weighted by Gasteiger charge is -2.29. The molecule has 100 valence electrons. The van der Waals surface area contributed by atoms with Gasteiger partial charge in [-0.15, -0.1) is 0 Å². The van der Waals surface area contributed by atoms with Crippen molar-refractivity contribution >= 4 is 5.91 Å². The molecular weight excluding hydrogens is 212 g/mol. The maximum atomic E-state index is 11.9. The van der Waals surface area contributed by atoms with Crippen molar-refractivity contribution in [1.29, 1.82) is 0 Å². The van der Waals surface area contributed by atoms with Gasteiger partial charge in [-0.2, -0.15) is 0 Å². The SMILES string of the molecule is CCC(C)(CC)NC(=O)CCC1CCCNC1. The molecule has 1 aliphatic rings. The van der Waals surface area contributed by atoms with Gasteiger partial charge >= 0.3 is 0 Å². The predicted octanol–water partition coefficient (Wildman–Crippen LogP) is 2.46.